The molecule has 0 spiro atoms. The highest BCUT2D eigenvalue weighted by Crippen LogP contribution is 1.95. The Balaban J connectivity index is 0. The molecule has 3 heteroatoms. The second-order valence-corrected chi connectivity index (χ2v) is 3.84. The smallest absolute Gasteiger partial charge is 0.126 e. The van der Waals surface area contributed by atoms with Gasteiger partial charge in [-0.2, -0.15) is 0 Å². The van der Waals surface area contributed by atoms with Crippen LogP contribution < -0.4 is 0 Å². The number of carbonyl (C=O) groups excluding carboxylic acids is 1. The summed E-state index contributed by atoms with van der Waals surface area (Å²) in [6.45, 7) is 10.6. The molecule has 1 heterocycles. The fraction of sp³-hybridized carbons (Fsp3) is 0.923. The van der Waals surface area contributed by atoms with Crippen molar-refractivity contribution < 1.29 is 14.3 Å². The summed E-state index contributed by atoms with van der Waals surface area (Å²) in [5.74, 6) is 0.167. The molecule has 0 aromatic carbocycles. The van der Waals surface area contributed by atoms with Gasteiger partial charge in [-0.25, -0.2) is 0 Å². The summed E-state index contributed by atoms with van der Waals surface area (Å²) in [4.78, 5) is 9.44. The molecule has 0 radical (unpaired) electrons. The van der Waals surface area contributed by atoms with Gasteiger partial charge in [-0.1, -0.05) is 39.5 Å². The monoisotopic (exact) mass is 232 g/mol. The van der Waals surface area contributed by atoms with Crippen LogP contribution in [0.3, 0.4) is 0 Å². The minimum Gasteiger partial charge on any atom is -0.377 e. The predicted octanol–water partition coefficient (Wildman–Crippen LogP) is 3.22. The van der Waals surface area contributed by atoms with Crippen LogP contribution in [-0.4, -0.2) is 32.2 Å². The third-order valence-corrected chi connectivity index (χ3v) is 1.70. The van der Waals surface area contributed by atoms with Crippen molar-refractivity contribution >= 4 is 5.78 Å². The standard InChI is InChI=1S/C6H14.C4H8O2.C3H6O/c1-3-5-6-4-2;1-2-6-4-3-5-1;1-3(2)4/h3-6H2,1-2H3;1-4H2;1-2H3. The number of ether oxygens (including phenoxy) is 2. The van der Waals surface area contributed by atoms with Gasteiger partial charge < -0.3 is 14.3 Å². The Morgan fingerprint density at radius 1 is 0.875 bits per heavy atom. The van der Waals surface area contributed by atoms with Crippen molar-refractivity contribution in [3.63, 3.8) is 0 Å². The molecule has 0 unspecified atom stereocenters. The molecule has 0 saturated carbocycles. The molecule has 0 bridgehead atoms. The first kappa shape index (κ1) is 18.0. The average Bonchev–Trinajstić information content (AvgIpc) is 2.29. The van der Waals surface area contributed by atoms with Gasteiger partial charge in [0.1, 0.15) is 5.78 Å². The van der Waals surface area contributed by atoms with Gasteiger partial charge in [0.25, 0.3) is 0 Å². The van der Waals surface area contributed by atoms with E-state index in [1.807, 2.05) is 0 Å². The van der Waals surface area contributed by atoms with E-state index in [9.17, 15) is 4.79 Å². The van der Waals surface area contributed by atoms with Crippen LogP contribution in [0.25, 0.3) is 0 Å². The Morgan fingerprint density at radius 3 is 1.25 bits per heavy atom. The molecule has 1 rings (SSSR count). The van der Waals surface area contributed by atoms with E-state index in [-0.39, 0.29) is 5.78 Å². The maximum absolute atomic E-state index is 9.44. The molecule has 1 fully saturated rings. The van der Waals surface area contributed by atoms with E-state index in [0.29, 0.717) is 0 Å². The Hall–Kier alpha value is -0.410. The van der Waals surface area contributed by atoms with Crippen molar-refractivity contribution in [2.24, 2.45) is 0 Å². The zero-order valence-corrected chi connectivity index (χ0v) is 11.4. The average molecular weight is 232 g/mol. The van der Waals surface area contributed by atoms with Crippen LogP contribution in [0.4, 0.5) is 0 Å². The SMILES string of the molecule is C1COCCO1.CC(C)=O.CCCCCC. The molecule has 0 aromatic heterocycles. The highest BCUT2D eigenvalue weighted by molar-refractivity contribution is 5.72. The zero-order chi connectivity index (χ0) is 12.6. The summed E-state index contributed by atoms with van der Waals surface area (Å²) in [6.07, 6.45) is 5.54. The number of rotatable bonds is 3. The predicted molar refractivity (Wildman–Crippen MR) is 67.8 cm³/mol. The van der Waals surface area contributed by atoms with Gasteiger partial charge >= 0.3 is 0 Å². The Kier molecular flexibility index (Phi) is 19.1. The second kappa shape index (κ2) is 17.0. The van der Waals surface area contributed by atoms with E-state index in [1.165, 1.54) is 39.5 Å². The van der Waals surface area contributed by atoms with E-state index < -0.39 is 0 Å². The molecular weight excluding hydrogens is 204 g/mol. The van der Waals surface area contributed by atoms with Gasteiger partial charge in [-0.3, -0.25) is 0 Å². The van der Waals surface area contributed by atoms with Gasteiger partial charge in [0.2, 0.25) is 0 Å². The number of ketones is 1. The molecule has 1 aliphatic heterocycles. The highest BCUT2D eigenvalue weighted by atomic mass is 16.6. The lowest BCUT2D eigenvalue weighted by molar-refractivity contribution is -0.114. The van der Waals surface area contributed by atoms with Crippen LogP contribution in [0.15, 0.2) is 0 Å². The van der Waals surface area contributed by atoms with E-state index >= 15 is 0 Å². The zero-order valence-electron chi connectivity index (χ0n) is 11.4. The second-order valence-electron chi connectivity index (χ2n) is 3.84. The molecular formula is C13H28O3. The number of unbranched alkanes of at least 4 members (excludes halogenated alkanes) is 3. The normalized spacial score (nSPS) is 14.0. The largest absolute Gasteiger partial charge is 0.377 e. The summed E-state index contributed by atoms with van der Waals surface area (Å²) in [5.41, 5.74) is 0. The van der Waals surface area contributed by atoms with Crippen molar-refractivity contribution in [2.75, 3.05) is 26.4 Å². The lowest BCUT2D eigenvalue weighted by Crippen LogP contribution is -2.16. The van der Waals surface area contributed by atoms with Crippen molar-refractivity contribution in [3.8, 4) is 0 Å². The van der Waals surface area contributed by atoms with Gasteiger partial charge in [0, 0.05) is 0 Å². The lowest BCUT2D eigenvalue weighted by atomic mass is 10.2. The first-order valence-electron chi connectivity index (χ1n) is 6.27. The van der Waals surface area contributed by atoms with Gasteiger partial charge in [-0.05, 0) is 13.8 Å². The van der Waals surface area contributed by atoms with Crippen LogP contribution in [-0.2, 0) is 14.3 Å². The molecule has 0 atom stereocenters. The fourth-order valence-electron chi connectivity index (χ4n) is 0.940. The molecule has 0 amide bonds. The van der Waals surface area contributed by atoms with Crippen LogP contribution in [0, 0.1) is 0 Å². The molecule has 1 saturated heterocycles. The summed E-state index contributed by atoms with van der Waals surface area (Å²) >= 11 is 0. The van der Waals surface area contributed by atoms with Crippen LogP contribution in [0.2, 0.25) is 0 Å². The van der Waals surface area contributed by atoms with Gasteiger partial charge in [0.05, 0.1) is 26.4 Å². The maximum Gasteiger partial charge on any atom is 0.126 e. The number of hydrogen-bond donors (Lipinski definition) is 0. The van der Waals surface area contributed by atoms with Crippen LogP contribution in [0.5, 0.6) is 0 Å². The van der Waals surface area contributed by atoms with Crippen LogP contribution >= 0.6 is 0 Å². The summed E-state index contributed by atoms with van der Waals surface area (Å²) < 4.78 is 9.89. The van der Waals surface area contributed by atoms with E-state index in [4.69, 9.17) is 9.47 Å². The quantitative estimate of drug-likeness (QED) is 0.701. The van der Waals surface area contributed by atoms with Crippen molar-refractivity contribution in [3.05, 3.63) is 0 Å². The first-order chi connectivity index (χ1) is 7.65. The van der Waals surface area contributed by atoms with Crippen molar-refractivity contribution in [1.29, 1.82) is 0 Å². The number of Topliss-reactive ketones (excluding diaryl/α,β-unsaturated/α-hetero) is 1. The Labute approximate surface area is 101 Å². The molecule has 0 aliphatic carbocycles. The lowest BCUT2D eigenvalue weighted by Gasteiger charge is -2.09. The molecule has 0 aromatic rings. The van der Waals surface area contributed by atoms with E-state index in [1.54, 1.807) is 0 Å². The number of carbonyl (C=O) groups is 1. The number of hydrogen-bond acceptors (Lipinski definition) is 3. The molecule has 3 nitrogen and oxygen atoms in total. The fourth-order valence-corrected chi connectivity index (χ4v) is 0.940. The minimum atomic E-state index is 0.167. The molecule has 16 heavy (non-hydrogen) atoms. The summed E-state index contributed by atoms with van der Waals surface area (Å²) in [7, 11) is 0. The molecule has 0 N–H and O–H groups in total. The minimum absolute atomic E-state index is 0.167. The van der Waals surface area contributed by atoms with Crippen molar-refractivity contribution in [2.45, 2.75) is 53.4 Å². The van der Waals surface area contributed by atoms with Crippen molar-refractivity contribution in [1.82, 2.24) is 0 Å². The topological polar surface area (TPSA) is 35.5 Å². The Bertz CT molecular complexity index is 112. The highest BCUT2D eigenvalue weighted by Gasteiger charge is 1.94. The Morgan fingerprint density at radius 2 is 1.12 bits per heavy atom. The van der Waals surface area contributed by atoms with Gasteiger partial charge in [-0.15, -0.1) is 0 Å². The van der Waals surface area contributed by atoms with Crippen LogP contribution in [0.1, 0.15) is 53.4 Å². The van der Waals surface area contributed by atoms with E-state index in [0.717, 1.165) is 26.4 Å². The maximum atomic E-state index is 9.44. The van der Waals surface area contributed by atoms with E-state index in [2.05, 4.69) is 13.8 Å². The molecule has 98 valence electrons. The summed E-state index contributed by atoms with van der Waals surface area (Å²) in [6, 6.07) is 0. The summed E-state index contributed by atoms with van der Waals surface area (Å²) in [5, 5.41) is 0. The third-order valence-electron chi connectivity index (χ3n) is 1.70. The first-order valence-corrected chi connectivity index (χ1v) is 6.27. The molecule has 1 aliphatic rings. The third kappa shape index (κ3) is 29.2. The van der Waals surface area contributed by atoms with Gasteiger partial charge in [0.15, 0.2) is 0 Å².